The number of aromatic nitrogens is 2. The van der Waals surface area contributed by atoms with Crippen molar-refractivity contribution in [1.82, 2.24) is 9.97 Å². The molecule has 0 saturated carbocycles. The highest BCUT2D eigenvalue weighted by molar-refractivity contribution is 5.97. The average molecular weight is 319 g/mol. The van der Waals surface area contributed by atoms with Crippen LogP contribution >= 0.6 is 0 Å². The summed E-state index contributed by atoms with van der Waals surface area (Å²) in [5.74, 6) is -0.443. The van der Waals surface area contributed by atoms with Crippen molar-refractivity contribution >= 4 is 28.8 Å². The number of aromatic amines is 1. The highest BCUT2D eigenvalue weighted by Gasteiger charge is 2.09. The van der Waals surface area contributed by atoms with E-state index >= 15 is 0 Å². The normalized spacial score (nSPS) is 11.2. The summed E-state index contributed by atoms with van der Waals surface area (Å²) in [5, 5.41) is 0.901. The van der Waals surface area contributed by atoms with Crippen LogP contribution in [0.1, 0.15) is 28.4 Å². The van der Waals surface area contributed by atoms with Gasteiger partial charge in [-0.2, -0.15) is 0 Å². The van der Waals surface area contributed by atoms with Gasteiger partial charge in [-0.05, 0) is 37.1 Å². The van der Waals surface area contributed by atoms with Crippen LogP contribution in [-0.2, 0) is 4.79 Å². The standard InChI is InChI=1S/C19H17N3O2/c1-11-7-13(3-5-16(11)12(2)23)15-8-17-14(4-6-18(20)24)9-21-19(17)22-10-15/h3-10H,1-2H3,(H2,20,24)(H,21,22)/b6-4+. The first-order valence-corrected chi connectivity index (χ1v) is 7.52. The number of benzene rings is 1. The first-order chi connectivity index (χ1) is 11.5. The minimum absolute atomic E-state index is 0.0529. The number of fused-ring (bicyclic) bond motifs is 1. The van der Waals surface area contributed by atoms with Gasteiger partial charge in [-0.15, -0.1) is 0 Å². The van der Waals surface area contributed by atoms with Gasteiger partial charge < -0.3 is 10.7 Å². The molecule has 3 aromatic rings. The Morgan fingerprint density at radius 2 is 2.00 bits per heavy atom. The quantitative estimate of drug-likeness (QED) is 0.571. The van der Waals surface area contributed by atoms with Gasteiger partial charge in [0.15, 0.2) is 5.78 Å². The van der Waals surface area contributed by atoms with E-state index in [1.165, 1.54) is 6.08 Å². The lowest BCUT2D eigenvalue weighted by Crippen LogP contribution is -2.04. The molecule has 120 valence electrons. The van der Waals surface area contributed by atoms with Crippen molar-refractivity contribution in [2.24, 2.45) is 5.73 Å². The fourth-order valence-corrected chi connectivity index (χ4v) is 2.73. The van der Waals surface area contributed by atoms with Crippen LogP contribution in [0, 0.1) is 6.92 Å². The van der Waals surface area contributed by atoms with Gasteiger partial charge in [0.1, 0.15) is 5.65 Å². The van der Waals surface area contributed by atoms with Crippen molar-refractivity contribution in [1.29, 1.82) is 0 Å². The number of carbonyl (C=O) groups is 2. The van der Waals surface area contributed by atoms with Crippen LogP contribution in [0.4, 0.5) is 0 Å². The zero-order valence-corrected chi connectivity index (χ0v) is 13.5. The van der Waals surface area contributed by atoms with Crippen LogP contribution in [0.15, 0.2) is 42.7 Å². The monoisotopic (exact) mass is 319 g/mol. The third kappa shape index (κ3) is 2.96. The molecule has 3 N–H and O–H groups in total. The third-order valence-electron chi connectivity index (χ3n) is 3.93. The SMILES string of the molecule is CC(=O)c1ccc(-c2cnc3[nH]cc(/C=C/C(N)=O)c3c2)cc1C. The Morgan fingerprint density at radius 3 is 2.67 bits per heavy atom. The number of aryl methyl sites for hydroxylation is 1. The molecule has 0 aliphatic carbocycles. The molecule has 2 aromatic heterocycles. The van der Waals surface area contributed by atoms with Gasteiger partial charge in [-0.3, -0.25) is 9.59 Å². The number of ketones is 1. The molecule has 1 aromatic carbocycles. The smallest absolute Gasteiger partial charge is 0.241 e. The molecule has 0 aliphatic rings. The van der Waals surface area contributed by atoms with Crippen LogP contribution in [0.25, 0.3) is 28.2 Å². The summed E-state index contributed by atoms with van der Waals surface area (Å²) in [6.45, 7) is 3.48. The molecule has 5 heteroatoms. The summed E-state index contributed by atoms with van der Waals surface area (Å²) in [4.78, 5) is 30.0. The zero-order valence-electron chi connectivity index (χ0n) is 13.5. The van der Waals surface area contributed by atoms with E-state index < -0.39 is 5.91 Å². The number of Topliss-reactive ketones (excluding diaryl/α,β-unsaturated/α-hetero) is 1. The van der Waals surface area contributed by atoms with Crippen molar-refractivity contribution in [2.75, 3.05) is 0 Å². The highest BCUT2D eigenvalue weighted by atomic mass is 16.1. The first kappa shape index (κ1) is 15.7. The van der Waals surface area contributed by atoms with E-state index in [2.05, 4.69) is 9.97 Å². The van der Waals surface area contributed by atoms with E-state index in [-0.39, 0.29) is 5.78 Å². The number of nitrogens with one attached hydrogen (secondary N) is 1. The van der Waals surface area contributed by atoms with E-state index in [1.807, 2.05) is 31.2 Å². The second-order valence-corrected chi connectivity index (χ2v) is 5.69. The largest absolute Gasteiger partial charge is 0.366 e. The number of nitrogens with zero attached hydrogens (tertiary/aromatic N) is 1. The maximum Gasteiger partial charge on any atom is 0.241 e. The lowest BCUT2D eigenvalue weighted by Gasteiger charge is -2.07. The molecule has 0 saturated heterocycles. The van der Waals surface area contributed by atoms with Crippen LogP contribution in [-0.4, -0.2) is 21.7 Å². The van der Waals surface area contributed by atoms with E-state index in [0.29, 0.717) is 0 Å². The molecule has 1 amide bonds. The minimum Gasteiger partial charge on any atom is -0.366 e. The minimum atomic E-state index is -0.496. The molecule has 0 bridgehead atoms. The summed E-state index contributed by atoms with van der Waals surface area (Å²) < 4.78 is 0. The van der Waals surface area contributed by atoms with Gasteiger partial charge in [0.05, 0.1) is 0 Å². The Balaban J connectivity index is 2.07. The molecule has 0 radical (unpaired) electrons. The van der Waals surface area contributed by atoms with Gasteiger partial charge >= 0.3 is 0 Å². The Hall–Kier alpha value is -3.21. The zero-order chi connectivity index (χ0) is 17.3. The number of rotatable bonds is 4. The maximum absolute atomic E-state index is 11.6. The molecule has 0 unspecified atom stereocenters. The van der Waals surface area contributed by atoms with E-state index in [9.17, 15) is 9.59 Å². The van der Waals surface area contributed by atoms with Crippen LogP contribution in [0.2, 0.25) is 0 Å². The predicted molar refractivity (Wildman–Crippen MR) is 94.5 cm³/mol. The lowest BCUT2D eigenvalue weighted by molar-refractivity contribution is -0.113. The van der Waals surface area contributed by atoms with Crippen molar-refractivity contribution < 1.29 is 9.59 Å². The molecule has 0 spiro atoms. The molecule has 2 heterocycles. The summed E-state index contributed by atoms with van der Waals surface area (Å²) in [6, 6.07) is 7.73. The average Bonchev–Trinajstić information content (AvgIpc) is 2.94. The number of carbonyl (C=O) groups excluding carboxylic acids is 2. The van der Waals surface area contributed by atoms with Gasteiger partial charge in [0.25, 0.3) is 0 Å². The second-order valence-electron chi connectivity index (χ2n) is 5.69. The summed E-state index contributed by atoms with van der Waals surface area (Å²) >= 11 is 0. The van der Waals surface area contributed by atoms with E-state index in [4.69, 9.17) is 5.73 Å². The number of pyridine rings is 1. The first-order valence-electron chi connectivity index (χ1n) is 7.52. The van der Waals surface area contributed by atoms with E-state index in [1.54, 1.807) is 25.4 Å². The van der Waals surface area contributed by atoms with Crippen molar-refractivity contribution in [3.8, 4) is 11.1 Å². The van der Waals surface area contributed by atoms with Crippen molar-refractivity contribution in [3.63, 3.8) is 0 Å². The third-order valence-corrected chi connectivity index (χ3v) is 3.93. The van der Waals surface area contributed by atoms with E-state index in [0.717, 1.165) is 38.9 Å². The number of hydrogen-bond acceptors (Lipinski definition) is 3. The van der Waals surface area contributed by atoms with Gasteiger partial charge in [0.2, 0.25) is 5.91 Å². The summed E-state index contributed by atoms with van der Waals surface area (Å²) in [5.41, 5.74) is 10.3. The molecular formula is C19H17N3O2. The Bertz CT molecular complexity index is 983. The van der Waals surface area contributed by atoms with Crippen LogP contribution < -0.4 is 5.73 Å². The Morgan fingerprint density at radius 1 is 1.21 bits per heavy atom. The Kier molecular flexibility index (Phi) is 4.00. The second kappa shape index (κ2) is 6.12. The highest BCUT2D eigenvalue weighted by Crippen LogP contribution is 2.27. The Labute approximate surface area is 139 Å². The molecule has 0 fully saturated rings. The molecule has 0 aliphatic heterocycles. The van der Waals surface area contributed by atoms with Gasteiger partial charge in [-0.1, -0.05) is 18.2 Å². The number of amides is 1. The topological polar surface area (TPSA) is 88.8 Å². The van der Waals surface area contributed by atoms with Crippen LogP contribution in [0.3, 0.4) is 0 Å². The molecule has 3 rings (SSSR count). The summed E-state index contributed by atoms with van der Waals surface area (Å²) in [7, 11) is 0. The molecule has 5 nitrogen and oxygen atoms in total. The lowest BCUT2D eigenvalue weighted by atomic mass is 9.98. The summed E-state index contributed by atoms with van der Waals surface area (Å²) in [6.07, 6.45) is 6.55. The molecule has 24 heavy (non-hydrogen) atoms. The van der Waals surface area contributed by atoms with Gasteiger partial charge in [-0.25, -0.2) is 4.98 Å². The van der Waals surface area contributed by atoms with Crippen LogP contribution in [0.5, 0.6) is 0 Å². The fourth-order valence-electron chi connectivity index (χ4n) is 2.73. The fraction of sp³-hybridized carbons (Fsp3) is 0.105. The number of primary amides is 1. The number of nitrogens with two attached hydrogens (primary N) is 1. The number of H-pyrrole nitrogens is 1. The van der Waals surface area contributed by atoms with Crippen molar-refractivity contribution in [2.45, 2.75) is 13.8 Å². The van der Waals surface area contributed by atoms with Crippen molar-refractivity contribution in [3.05, 3.63) is 59.4 Å². The number of hydrogen-bond donors (Lipinski definition) is 2. The maximum atomic E-state index is 11.6. The van der Waals surface area contributed by atoms with Gasteiger partial charge in [0, 0.05) is 40.5 Å². The molecule has 0 atom stereocenters. The molecular weight excluding hydrogens is 302 g/mol. The predicted octanol–water partition coefficient (Wildman–Crippen LogP) is 3.24.